The van der Waals surface area contributed by atoms with Gasteiger partial charge in [-0.05, 0) is 54.2 Å². The Labute approximate surface area is 278 Å². The molecule has 2 heterocycles. The molecule has 0 spiro atoms. The number of benzene rings is 2. The molecule has 0 atom stereocenters. The lowest BCUT2D eigenvalue weighted by Gasteiger charge is -2.24. The Morgan fingerprint density at radius 2 is 1.79 bits per heavy atom. The lowest BCUT2D eigenvalue weighted by molar-refractivity contribution is 0.0885. The second-order valence-corrected chi connectivity index (χ2v) is 15.4. The summed E-state index contributed by atoms with van der Waals surface area (Å²) in [6.45, 7) is 15.7. The third-order valence-electron chi connectivity index (χ3n) is 7.98. The van der Waals surface area contributed by atoms with Gasteiger partial charge in [0.05, 0.1) is 60.8 Å². The highest BCUT2D eigenvalue weighted by Gasteiger charge is 2.29. The van der Waals surface area contributed by atoms with E-state index in [0.717, 1.165) is 59.7 Å². The number of anilines is 3. The highest BCUT2D eigenvalue weighted by atomic mass is 32.2. The van der Waals surface area contributed by atoms with E-state index in [9.17, 15) is 13.2 Å². The van der Waals surface area contributed by atoms with Crippen LogP contribution in [0.4, 0.5) is 17.1 Å². The molecule has 4 N–H and O–H groups in total. The molecular weight excluding hydrogens is 618 g/mol. The quantitative estimate of drug-likeness (QED) is 0.172. The molecule has 47 heavy (non-hydrogen) atoms. The molecule has 3 aromatic rings. The number of hydrazine groups is 2. The van der Waals surface area contributed by atoms with Crippen molar-refractivity contribution in [2.45, 2.75) is 72.1 Å². The molecule has 13 heteroatoms. The third kappa shape index (κ3) is 8.45. The van der Waals surface area contributed by atoms with Crippen LogP contribution in [0.5, 0.6) is 5.75 Å². The van der Waals surface area contributed by atoms with Crippen molar-refractivity contribution in [3.63, 3.8) is 0 Å². The van der Waals surface area contributed by atoms with E-state index in [-0.39, 0.29) is 28.2 Å². The Balaban J connectivity index is 1.60. The van der Waals surface area contributed by atoms with Crippen molar-refractivity contribution in [1.29, 1.82) is 0 Å². The Morgan fingerprint density at radius 1 is 1.09 bits per heavy atom. The first-order valence-corrected chi connectivity index (χ1v) is 17.6. The molecule has 256 valence electrons. The first-order chi connectivity index (χ1) is 21.9. The average Bonchev–Trinajstić information content (AvgIpc) is 3.61. The number of unbranched alkanes of at least 4 members (excludes halogenated alkanes) is 1. The lowest BCUT2D eigenvalue weighted by Crippen LogP contribution is -2.37. The maximum Gasteiger partial charge on any atom is 0.255 e. The van der Waals surface area contributed by atoms with Crippen LogP contribution in [0, 0.1) is 6.92 Å². The second-order valence-electron chi connectivity index (χ2n) is 13.6. The molecule has 2 aromatic carbocycles. The van der Waals surface area contributed by atoms with E-state index in [4.69, 9.17) is 14.5 Å². The van der Waals surface area contributed by atoms with Gasteiger partial charge in [0.15, 0.2) is 5.75 Å². The Hall–Kier alpha value is -4.07. The van der Waals surface area contributed by atoms with Crippen molar-refractivity contribution in [2.75, 3.05) is 41.6 Å². The van der Waals surface area contributed by atoms with Gasteiger partial charge >= 0.3 is 0 Å². The maximum atomic E-state index is 13.7. The van der Waals surface area contributed by atoms with Crippen LogP contribution in [0.15, 0.2) is 42.7 Å². The number of nitrogens with one attached hydrogen (secondary N) is 4. The standard InChI is InChI=1S/C34H49N7O5S/c1-11-12-15-46-21-34(6,7)32-35-19-29(40(32)8)27-20-41(39-37-27)28-16-23(14-13-22(28)2)31(42)36-25-17-24(33(3,4)5)18-26(30(25)45-9)38-47(10,43)44/h13-14,16-20,37-39H,11-12,15,21H2,1-10H3,(H,36,42). The molecule has 12 nitrogen and oxygen atoms in total. The fourth-order valence-corrected chi connectivity index (χ4v) is 5.91. The number of ether oxygens (including phenoxy) is 2. The zero-order chi connectivity index (χ0) is 34.7. The molecule has 0 saturated carbocycles. The predicted molar refractivity (Wildman–Crippen MR) is 188 cm³/mol. The molecule has 0 aliphatic carbocycles. The van der Waals surface area contributed by atoms with Crippen molar-refractivity contribution >= 4 is 38.7 Å². The lowest BCUT2D eigenvalue weighted by atomic mass is 9.86. The smallest absolute Gasteiger partial charge is 0.255 e. The van der Waals surface area contributed by atoms with Gasteiger partial charge in [-0.1, -0.05) is 54.0 Å². The average molecular weight is 668 g/mol. The van der Waals surface area contributed by atoms with Crippen LogP contribution in [0.1, 0.15) is 87.4 Å². The number of hydrogen-bond acceptors (Lipinski definition) is 9. The van der Waals surface area contributed by atoms with Gasteiger partial charge in [0.2, 0.25) is 10.0 Å². The third-order valence-corrected chi connectivity index (χ3v) is 8.57. The molecule has 0 radical (unpaired) electrons. The molecule has 0 fully saturated rings. The summed E-state index contributed by atoms with van der Waals surface area (Å²) >= 11 is 0. The topological polar surface area (TPSA) is 139 Å². The van der Waals surface area contributed by atoms with Gasteiger partial charge in [-0.25, -0.2) is 13.4 Å². The van der Waals surface area contributed by atoms with E-state index in [2.05, 4.69) is 46.3 Å². The number of aromatic nitrogens is 2. The minimum atomic E-state index is -3.61. The van der Waals surface area contributed by atoms with Crippen molar-refractivity contribution in [1.82, 2.24) is 20.5 Å². The Kier molecular flexibility index (Phi) is 10.6. The van der Waals surface area contributed by atoms with Gasteiger partial charge in [-0.3, -0.25) is 20.0 Å². The van der Waals surface area contributed by atoms with Gasteiger partial charge in [-0.15, -0.1) is 5.53 Å². The van der Waals surface area contributed by atoms with E-state index in [0.29, 0.717) is 17.9 Å². The fraction of sp³-hybridized carbons (Fsp3) is 0.471. The number of sulfonamides is 1. The summed E-state index contributed by atoms with van der Waals surface area (Å²) in [6, 6.07) is 8.95. The van der Waals surface area contributed by atoms with Gasteiger partial charge in [0, 0.05) is 24.6 Å². The van der Waals surface area contributed by atoms with Crippen molar-refractivity contribution < 1.29 is 22.7 Å². The monoisotopic (exact) mass is 667 g/mol. The first-order valence-electron chi connectivity index (χ1n) is 15.7. The van der Waals surface area contributed by atoms with Crippen LogP contribution in [-0.4, -0.2) is 50.5 Å². The Bertz CT molecular complexity index is 1760. The highest BCUT2D eigenvalue weighted by molar-refractivity contribution is 7.92. The maximum absolute atomic E-state index is 13.7. The number of carbonyl (C=O) groups is 1. The van der Waals surface area contributed by atoms with Crippen LogP contribution in [0.3, 0.4) is 0 Å². The van der Waals surface area contributed by atoms with Crippen LogP contribution in [-0.2, 0) is 32.6 Å². The number of rotatable bonds is 13. The molecule has 1 amide bonds. The minimum Gasteiger partial charge on any atom is -0.492 e. The molecule has 0 unspecified atom stereocenters. The normalized spacial score (nSPS) is 13.7. The van der Waals surface area contributed by atoms with Crippen LogP contribution >= 0.6 is 0 Å². The number of imidazole rings is 1. The zero-order valence-electron chi connectivity index (χ0n) is 29.2. The van der Waals surface area contributed by atoms with Crippen molar-refractivity contribution in [3.05, 3.63) is 70.9 Å². The van der Waals surface area contributed by atoms with E-state index >= 15 is 0 Å². The van der Waals surface area contributed by atoms with E-state index < -0.39 is 10.0 Å². The number of nitrogens with zero attached hydrogens (tertiary/aromatic N) is 3. The summed E-state index contributed by atoms with van der Waals surface area (Å²) in [5.74, 6) is 0.756. The number of carbonyl (C=O) groups excluding carboxylic acids is 1. The Morgan fingerprint density at radius 3 is 2.43 bits per heavy atom. The summed E-state index contributed by atoms with van der Waals surface area (Å²) < 4.78 is 40.4. The van der Waals surface area contributed by atoms with Gasteiger partial charge in [0.1, 0.15) is 5.82 Å². The largest absolute Gasteiger partial charge is 0.492 e. The summed E-state index contributed by atoms with van der Waals surface area (Å²) in [7, 11) is -0.180. The number of methoxy groups -OCH3 is 1. The van der Waals surface area contributed by atoms with Gasteiger partial charge in [-0.2, -0.15) is 0 Å². The SMILES string of the molecule is CCCCOCC(C)(C)c1ncc(C2=CN(c3cc(C(=O)Nc4cc(C(C)(C)C)cc(NS(C)(=O)=O)c4OC)ccc3C)NN2)n1C. The molecule has 4 rings (SSSR count). The molecular formula is C34H49N7O5S. The molecule has 0 bridgehead atoms. The molecule has 1 aliphatic rings. The van der Waals surface area contributed by atoms with Crippen LogP contribution < -0.4 is 30.7 Å². The van der Waals surface area contributed by atoms with E-state index in [1.54, 1.807) is 24.3 Å². The van der Waals surface area contributed by atoms with Crippen LogP contribution in [0.2, 0.25) is 0 Å². The van der Waals surface area contributed by atoms with E-state index in [1.165, 1.54) is 7.11 Å². The zero-order valence-corrected chi connectivity index (χ0v) is 30.0. The minimum absolute atomic E-state index is 0.216. The molecule has 0 saturated heterocycles. The predicted octanol–water partition coefficient (Wildman–Crippen LogP) is 5.58. The van der Waals surface area contributed by atoms with Crippen LogP contribution in [0.25, 0.3) is 5.70 Å². The summed E-state index contributed by atoms with van der Waals surface area (Å²) in [5.41, 5.74) is 11.1. The highest BCUT2D eigenvalue weighted by Crippen LogP contribution is 2.39. The van der Waals surface area contributed by atoms with Gasteiger partial charge in [0.25, 0.3) is 5.91 Å². The van der Waals surface area contributed by atoms with E-state index in [1.807, 2.05) is 58.2 Å². The number of aryl methyl sites for hydroxylation is 1. The second kappa shape index (κ2) is 14.0. The summed E-state index contributed by atoms with van der Waals surface area (Å²) in [4.78, 5) is 18.4. The number of amides is 1. The molecule has 1 aliphatic heterocycles. The van der Waals surface area contributed by atoms with Crippen molar-refractivity contribution in [3.8, 4) is 5.75 Å². The van der Waals surface area contributed by atoms with Gasteiger partial charge < -0.3 is 19.4 Å². The van der Waals surface area contributed by atoms with Crippen molar-refractivity contribution in [2.24, 2.45) is 7.05 Å². The first kappa shape index (κ1) is 35.8. The number of hydrogen-bond donors (Lipinski definition) is 4. The fourth-order valence-electron chi connectivity index (χ4n) is 5.36. The summed E-state index contributed by atoms with van der Waals surface area (Å²) in [6.07, 6.45) is 6.96. The summed E-state index contributed by atoms with van der Waals surface area (Å²) in [5, 5.41) is 4.76. The molecule has 1 aromatic heterocycles.